The molecule has 2 heteroatoms. The topological polar surface area (TPSA) is 25.2 Å². The lowest BCUT2D eigenvalue weighted by Crippen LogP contribution is -2.10. The third-order valence-corrected chi connectivity index (χ3v) is 3.90. The number of aromatic nitrogens is 1. The van der Waals surface area contributed by atoms with E-state index in [1.807, 2.05) is 0 Å². The van der Waals surface area contributed by atoms with Crippen molar-refractivity contribution in [3.63, 3.8) is 0 Å². The number of hydrogen-bond acceptors (Lipinski definition) is 1. The largest absolute Gasteiger partial charge is 0.388 e. The third-order valence-electron chi connectivity index (χ3n) is 3.90. The molecule has 1 heterocycles. The average molecular weight is 241 g/mol. The van der Waals surface area contributed by atoms with Crippen LogP contribution in [0.25, 0.3) is 5.69 Å². The van der Waals surface area contributed by atoms with E-state index in [2.05, 4.69) is 48.0 Å². The molecule has 1 aliphatic rings. The van der Waals surface area contributed by atoms with Crippen LogP contribution in [0.2, 0.25) is 0 Å². The first-order valence-electron chi connectivity index (χ1n) is 6.77. The molecule has 3 rings (SSSR count). The molecular weight excluding hydrogens is 222 g/mol. The first-order valence-corrected chi connectivity index (χ1v) is 6.77. The maximum absolute atomic E-state index is 9.99. The molecule has 94 valence electrons. The minimum absolute atomic E-state index is 0.273. The minimum atomic E-state index is -0.273. The molecule has 1 aliphatic carbocycles. The van der Waals surface area contributed by atoms with E-state index in [4.69, 9.17) is 0 Å². The molecule has 0 radical (unpaired) electrons. The van der Waals surface area contributed by atoms with Gasteiger partial charge in [-0.2, -0.15) is 0 Å². The zero-order chi connectivity index (χ0) is 12.5. The van der Waals surface area contributed by atoms with Gasteiger partial charge in [-0.1, -0.05) is 19.1 Å². The van der Waals surface area contributed by atoms with Crippen molar-refractivity contribution in [1.82, 2.24) is 4.57 Å². The van der Waals surface area contributed by atoms with E-state index in [0.717, 1.165) is 31.2 Å². The standard InChI is InChI=1S/C16H19NO/c1-2-12-6-8-13(9-7-12)17-11-10-14-15(17)4-3-5-16(14)18/h6-11,16,18H,2-5H2,1H3. The lowest BCUT2D eigenvalue weighted by atomic mass is 9.95. The Kier molecular flexibility index (Phi) is 2.96. The normalized spacial score (nSPS) is 18.7. The van der Waals surface area contributed by atoms with Crippen LogP contribution in [-0.2, 0) is 12.8 Å². The highest BCUT2D eigenvalue weighted by atomic mass is 16.3. The van der Waals surface area contributed by atoms with E-state index < -0.39 is 0 Å². The van der Waals surface area contributed by atoms with Crippen LogP contribution in [0.5, 0.6) is 0 Å². The van der Waals surface area contributed by atoms with Gasteiger partial charge >= 0.3 is 0 Å². The Morgan fingerprint density at radius 2 is 2.00 bits per heavy atom. The Morgan fingerprint density at radius 1 is 1.22 bits per heavy atom. The molecule has 0 fully saturated rings. The number of nitrogens with zero attached hydrogens (tertiary/aromatic N) is 1. The lowest BCUT2D eigenvalue weighted by molar-refractivity contribution is 0.156. The van der Waals surface area contributed by atoms with Crippen LogP contribution in [0.1, 0.15) is 42.7 Å². The van der Waals surface area contributed by atoms with Gasteiger partial charge in [0.25, 0.3) is 0 Å². The van der Waals surface area contributed by atoms with Crippen LogP contribution in [0.15, 0.2) is 36.5 Å². The van der Waals surface area contributed by atoms with Crippen LogP contribution in [0, 0.1) is 0 Å². The fraction of sp³-hybridized carbons (Fsp3) is 0.375. The number of benzene rings is 1. The summed E-state index contributed by atoms with van der Waals surface area (Å²) in [6, 6.07) is 10.8. The highest BCUT2D eigenvalue weighted by Crippen LogP contribution is 2.31. The van der Waals surface area contributed by atoms with Crippen molar-refractivity contribution in [1.29, 1.82) is 0 Å². The third kappa shape index (κ3) is 1.87. The predicted octanol–water partition coefficient (Wildman–Crippen LogP) is 3.41. The van der Waals surface area contributed by atoms with Crippen molar-refractivity contribution in [2.45, 2.75) is 38.7 Å². The smallest absolute Gasteiger partial charge is 0.0807 e. The van der Waals surface area contributed by atoms with Crippen LogP contribution in [0.4, 0.5) is 0 Å². The molecule has 2 aromatic rings. The highest BCUT2D eigenvalue weighted by Gasteiger charge is 2.21. The maximum Gasteiger partial charge on any atom is 0.0807 e. The number of aryl methyl sites for hydroxylation is 1. The monoisotopic (exact) mass is 241 g/mol. The van der Waals surface area contributed by atoms with Gasteiger partial charge in [-0.05, 0) is 49.4 Å². The van der Waals surface area contributed by atoms with E-state index in [1.165, 1.54) is 16.9 Å². The van der Waals surface area contributed by atoms with E-state index in [1.54, 1.807) is 0 Å². The summed E-state index contributed by atoms with van der Waals surface area (Å²) in [4.78, 5) is 0. The summed E-state index contributed by atoms with van der Waals surface area (Å²) in [5.41, 5.74) is 4.95. The van der Waals surface area contributed by atoms with Gasteiger partial charge < -0.3 is 9.67 Å². The number of aliphatic hydroxyl groups excluding tert-OH is 1. The molecule has 1 unspecified atom stereocenters. The number of rotatable bonds is 2. The average Bonchev–Trinajstić information content (AvgIpc) is 2.84. The summed E-state index contributed by atoms with van der Waals surface area (Å²) in [5, 5.41) is 9.99. The quantitative estimate of drug-likeness (QED) is 0.856. The SMILES string of the molecule is CCc1ccc(-n2ccc3c2CCCC3O)cc1. The van der Waals surface area contributed by atoms with Gasteiger partial charge in [-0.3, -0.25) is 0 Å². The van der Waals surface area contributed by atoms with E-state index in [9.17, 15) is 5.11 Å². The molecule has 1 aromatic carbocycles. The van der Waals surface area contributed by atoms with E-state index >= 15 is 0 Å². The summed E-state index contributed by atoms with van der Waals surface area (Å²) >= 11 is 0. The van der Waals surface area contributed by atoms with Crippen LogP contribution >= 0.6 is 0 Å². The van der Waals surface area contributed by atoms with Crippen LogP contribution < -0.4 is 0 Å². The lowest BCUT2D eigenvalue weighted by Gasteiger charge is -2.20. The molecule has 0 aliphatic heterocycles. The Bertz CT molecular complexity index is 539. The molecule has 2 nitrogen and oxygen atoms in total. The molecule has 0 amide bonds. The van der Waals surface area contributed by atoms with Gasteiger partial charge in [0.15, 0.2) is 0 Å². The number of fused-ring (bicyclic) bond motifs is 1. The van der Waals surface area contributed by atoms with Gasteiger partial charge in [0, 0.05) is 23.1 Å². The van der Waals surface area contributed by atoms with Gasteiger partial charge in [-0.15, -0.1) is 0 Å². The predicted molar refractivity (Wildman–Crippen MR) is 73.0 cm³/mol. The number of hydrogen-bond donors (Lipinski definition) is 1. The van der Waals surface area contributed by atoms with Crippen molar-refractivity contribution < 1.29 is 5.11 Å². The van der Waals surface area contributed by atoms with Crippen molar-refractivity contribution in [2.24, 2.45) is 0 Å². The second kappa shape index (κ2) is 4.62. The zero-order valence-electron chi connectivity index (χ0n) is 10.8. The molecule has 0 spiro atoms. The first-order chi connectivity index (χ1) is 8.79. The van der Waals surface area contributed by atoms with Crippen molar-refractivity contribution in [3.8, 4) is 5.69 Å². The second-order valence-electron chi connectivity index (χ2n) is 5.02. The minimum Gasteiger partial charge on any atom is -0.388 e. The summed E-state index contributed by atoms with van der Waals surface area (Å²) in [5.74, 6) is 0. The van der Waals surface area contributed by atoms with Gasteiger partial charge in [0.2, 0.25) is 0 Å². The number of aliphatic hydroxyl groups is 1. The van der Waals surface area contributed by atoms with Gasteiger partial charge in [0.1, 0.15) is 0 Å². The Labute approximate surface area is 108 Å². The zero-order valence-corrected chi connectivity index (χ0v) is 10.8. The highest BCUT2D eigenvalue weighted by molar-refractivity contribution is 5.41. The molecule has 18 heavy (non-hydrogen) atoms. The molecular formula is C16H19NO. The van der Waals surface area contributed by atoms with Crippen molar-refractivity contribution in [2.75, 3.05) is 0 Å². The first kappa shape index (κ1) is 11.5. The van der Waals surface area contributed by atoms with Crippen LogP contribution in [-0.4, -0.2) is 9.67 Å². The van der Waals surface area contributed by atoms with Gasteiger partial charge in [-0.25, -0.2) is 0 Å². The Morgan fingerprint density at radius 3 is 2.72 bits per heavy atom. The molecule has 0 saturated carbocycles. The fourth-order valence-corrected chi connectivity index (χ4v) is 2.80. The Hall–Kier alpha value is -1.54. The molecule has 1 aromatic heterocycles. The van der Waals surface area contributed by atoms with E-state index in [-0.39, 0.29) is 6.10 Å². The van der Waals surface area contributed by atoms with Crippen molar-refractivity contribution in [3.05, 3.63) is 53.3 Å². The fourth-order valence-electron chi connectivity index (χ4n) is 2.80. The maximum atomic E-state index is 9.99. The molecule has 0 bridgehead atoms. The molecule has 1 N–H and O–H groups in total. The summed E-state index contributed by atoms with van der Waals surface area (Å²) in [6.07, 6.45) is 5.92. The second-order valence-corrected chi connectivity index (χ2v) is 5.02. The van der Waals surface area contributed by atoms with Crippen molar-refractivity contribution >= 4 is 0 Å². The van der Waals surface area contributed by atoms with Gasteiger partial charge in [0.05, 0.1) is 6.10 Å². The Balaban J connectivity index is 2.01. The summed E-state index contributed by atoms with van der Waals surface area (Å²) in [7, 11) is 0. The summed E-state index contributed by atoms with van der Waals surface area (Å²) in [6.45, 7) is 2.17. The van der Waals surface area contributed by atoms with E-state index in [0.29, 0.717) is 0 Å². The molecule has 1 atom stereocenters. The van der Waals surface area contributed by atoms with Crippen LogP contribution in [0.3, 0.4) is 0 Å². The summed E-state index contributed by atoms with van der Waals surface area (Å²) < 4.78 is 2.22. The molecule has 0 saturated heterocycles.